The number of methoxy groups -OCH3 is 2. The second kappa shape index (κ2) is 8.55. The molecule has 1 aliphatic rings. The third kappa shape index (κ3) is 3.28. The van der Waals surface area contributed by atoms with Gasteiger partial charge in [-0.25, -0.2) is 9.59 Å². The summed E-state index contributed by atoms with van der Waals surface area (Å²) >= 11 is 0. The van der Waals surface area contributed by atoms with E-state index in [0.717, 1.165) is 33.4 Å². The number of rotatable bonds is 4. The minimum Gasteiger partial charge on any atom is -0.465 e. The Labute approximate surface area is 205 Å². The van der Waals surface area contributed by atoms with Gasteiger partial charge >= 0.3 is 11.9 Å². The lowest BCUT2D eigenvalue weighted by Gasteiger charge is -2.34. The summed E-state index contributed by atoms with van der Waals surface area (Å²) in [7, 11) is 2.79. The van der Waals surface area contributed by atoms with Crippen molar-refractivity contribution >= 4 is 11.9 Å². The van der Waals surface area contributed by atoms with Crippen LogP contribution in [0.15, 0.2) is 84.9 Å². The van der Waals surface area contributed by atoms with Crippen LogP contribution < -0.4 is 0 Å². The van der Waals surface area contributed by atoms with Gasteiger partial charge in [0.25, 0.3) is 0 Å². The molecule has 0 amide bonds. The zero-order chi connectivity index (χ0) is 24.7. The predicted molar refractivity (Wildman–Crippen MR) is 136 cm³/mol. The number of hydrogen-bond acceptors (Lipinski definition) is 4. The maximum atomic E-state index is 12.3. The molecule has 0 radical (unpaired) electrons. The Morgan fingerprint density at radius 3 is 1.37 bits per heavy atom. The molecule has 4 heteroatoms. The Balaban J connectivity index is 1.87. The molecule has 0 heterocycles. The average molecular weight is 463 g/mol. The maximum Gasteiger partial charge on any atom is 0.338 e. The van der Waals surface area contributed by atoms with Gasteiger partial charge in [-0.3, -0.25) is 0 Å². The van der Waals surface area contributed by atoms with E-state index in [1.165, 1.54) is 25.3 Å². The number of ether oxygens (including phenoxy) is 2. The number of fused-ring (bicyclic) bond motifs is 3. The van der Waals surface area contributed by atoms with Crippen LogP contribution in [0.5, 0.6) is 0 Å². The zero-order valence-corrected chi connectivity index (χ0v) is 20.2. The molecule has 5 rings (SSSR count). The normalized spacial score (nSPS) is 13.0. The molecule has 4 nitrogen and oxygen atoms in total. The van der Waals surface area contributed by atoms with Gasteiger partial charge in [0.05, 0.1) is 30.8 Å². The zero-order valence-electron chi connectivity index (χ0n) is 20.2. The minimum absolute atomic E-state index is 0.353. The first kappa shape index (κ1) is 22.6. The van der Waals surface area contributed by atoms with Crippen molar-refractivity contribution in [2.75, 3.05) is 14.2 Å². The van der Waals surface area contributed by atoms with Crippen molar-refractivity contribution in [3.63, 3.8) is 0 Å². The summed E-state index contributed by atoms with van der Waals surface area (Å²) < 4.78 is 9.97. The van der Waals surface area contributed by atoms with E-state index in [4.69, 9.17) is 9.47 Å². The summed E-state index contributed by atoms with van der Waals surface area (Å²) in [6.45, 7) is 3.86. The lowest BCUT2D eigenvalue weighted by Crippen LogP contribution is -2.29. The van der Waals surface area contributed by atoms with E-state index in [1.807, 2.05) is 38.1 Å². The van der Waals surface area contributed by atoms with Gasteiger partial charge in [0.2, 0.25) is 0 Å². The molecule has 1 aliphatic carbocycles. The van der Waals surface area contributed by atoms with Crippen LogP contribution in [0.3, 0.4) is 0 Å². The molecule has 4 aromatic rings. The fourth-order valence-electron chi connectivity index (χ4n) is 5.50. The van der Waals surface area contributed by atoms with Crippen molar-refractivity contribution < 1.29 is 19.1 Å². The van der Waals surface area contributed by atoms with E-state index in [2.05, 4.69) is 60.7 Å². The highest BCUT2D eigenvalue weighted by Crippen LogP contribution is 2.56. The average Bonchev–Trinajstić information content (AvgIpc) is 3.19. The smallest absolute Gasteiger partial charge is 0.338 e. The number of hydrogen-bond donors (Lipinski definition) is 0. The number of carbonyl (C=O) groups excluding carboxylic acids is 2. The molecule has 0 N–H and O–H groups in total. The second-order valence-corrected chi connectivity index (χ2v) is 8.88. The fourth-order valence-corrected chi connectivity index (χ4v) is 5.50. The molecule has 0 unspecified atom stereocenters. The molecule has 0 saturated carbocycles. The highest BCUT2D eigenvalue weighted by atomic mass is 16.5. The monoisotopic (exact) mass is 462 g/mol. The van der Waals surface area contributed by atoms with Crippen molar-refractivity contribution in [3.05, 3.63) is 129 Å². The predicted octanol–water partition coefficient (Wildman–Crippen LogP) is 6.24. The Kier molecular flexibility index (Phi) is 5.52. The van der Waals surface area contributed by atoms with Crippen molar-refractivity contribution in [2.45, 2.75) is 19.3 Å². The Hall–Kier alpha value is -4.18. The van der Waals surface area contributed by atoms with Gasteiger partial charge in [0.1, 0.15) is 0 Å². The van der Waals surface area contributed by atoms with Crippen LogP contribution >= 0.6 is 0 Å². The number of esters is 2. The summed E-state index contributed by atoms with van der Waals surface area (Å²) in [4.78, 5) is 24.6. The highest BCUT2D eigenvalue weighted by Gasteiger charge is 2.46. The molecule has 0 aromatic heterocycles. The first-order chi connectivity index (χ1) is 16.9. The SMILES string of the molecule is COC(=O)c1ccc(C2(c3ccc(C(=O)OC)c(C)c3)c3ccccc3-c3ccccc32)cc1C. The fraction of sp³-hybridized carbons (Fsp3) is 0.161. The molecule has 174 valence electrons. The number of benzene rings is 4. The van der Waals surface area contributed by atoms with E-state index in [0.29, 0.717) is 11.1 Å². The van der Waals surface area contributed by atoms with Crippen molar-refractivity contribution in [1.82, 2.24) is 0 Å². The van der Waals surface area contributed by atoms with Gasteiger partial charge in [-0.15, -0.1) is 0 Å². The van der Waals surface area contributed by atoms with E-state index in [-0.39, 0.29) is 11.9 Å². The van der Waals surface area contributed by atoms with E-state index >= 15 is 0 Å². The quantitative estimate of drug-likeness (QED) is 0.297. The summed E-state index contributed by atoms with van der Waals surface area (Å²) in [5.74, 6) is -0.706. The van der Waals surface area contributed by atoms with Crippen LogP contribution in [-0.4, -0.2) is 26.2 Å². The van der Waals surface area contributed by atoms with Crippen LogP contribution in [0.25, 0.3) is 11.1 Å². The van der Waals surface area contributed by atoms with Crippen LogP contribution in [0, 0.1) is 13.8 Å². The molecule has 0 bridgehead atoms. The van der Waals surface area contributed by atoms with Crippen LogP contribution in [-0.2, 0) is 14.9 Å². The standard InChI is InChI=1S/C31H26O4/c1-19-17-21(13-15-23(19)29(32)34-3)31(22-14-16-24(20(2)18-22)30(33)35-4)27-11-7-5-9-25(27)26-10-6-8-12-28(26)31/h5-18H,1-4H3. The van der Waals surface area contributed by atoms with Crippen LogP contribution in [0.1, 0.15) is 54.1 Å². The Morgan fingerprint density at radius 1 is 0.600 bits per heavy atom. The van der Waals surface area contributed by atoms with Crippen molar-refractivity contribution in [2.24, 2.45) is 0 Å². The molecule has 0 saturated heterocycles. The highest BCUT2D eigenvalue weighted by molar-refractivity contribution is 5.93. The molecule has 0 fully saturated rings. The molecular formula is C31H26O4. The maximum absolute atomic E-state index is 12.3. The summed E-state index contributed by atoms with van der Waals surface area (Å²) in [5, 5.41) is 0. The van der Waals surface area contributed by atoms with Crippen LogP contribution in [0.2, 0.25) is 0 Å². The Morgan fingerprint density at radius 2 is 1.00 bits per heavy atom. The first-order valence-corrected chi connectivity index (χ1v) is 11.5. The molecule has 4 aromatic carbocycles. The lowest BCUT2D eigenvalue weighted by atomic mass is 9.67. The van der Waals surface area contributed by atoms with Gasteiger partial charge in [-0.2, -0.15) is 0 Å². The van der Waals surface area contributed by atoms with Gasteiger partial charge in [0, 0.05) is 0 Å². The lowest BCUT2D eigenvalue weighted by molar-refractivity contribution is 0.0591. The first-order valence-electron chi connectivity index (χ1n) is 11.5. The number of carbonyl (C=O) groups is 2. The van der Waals surface area contributed by atoms with Gasteiger partial charge in [-0.1, -0.05) is 72.8 Å². The van der Waals surface area contributed by atoms with Gasteiger partial charge in [0.15, 0.2) is 0 Å². The largest absolute Gasteiger partial charge is 0.465 e. The molecule has 0 atom stereocenters. The van der Waals surface area contributed by atoms with Crippen LogP contribution in [0.4, 0.5) is 0 Å². The summed E-state index contributed by atoms with van der Waals surface area (Å²) in [5.41, 5.74) is 8.93. The molecule has 0 aliphatic heterocycles. The van der Waals surface area contributed by atoms with E-state index in [1.54, 1.807) is 0 Å². The second-order valence-electron chi connectivity index (χ2n) is 8.88. The summed E-state index contributed by atoms with van der Waals surface area (Å²) in [6.07, 6.45) is 0. The van der Waals surface area contributed by atoms with Crippen molar-refractivity contribution in [3.8, 4) is 11.1 Å². The van der Waals surface area contributed by atoms with Gasteiger partial charge < -0.3 is 9.47 Å². The molecule has 35 heavy (non-hydrogen) atoms. The Bertz CT molecular complexity index is 1370. The summed E-state index contributed by atoms with van der Waals surface area (Å²) in [6, 6.07) is 28.8. The third-order valence-electron chi connectivity index (χ3n) is 7.08. The third-order valence-corrected chi connectivity index (χ3v) is 7.08. The van der Waals surface area contributed by atoms with E-state index < -0.39 is 5.41 Å². The molecule has 0 spiro atoms. The molecular weight excluding hydrogens is 436 g/mol. The van der Waals surface area contributed by atoms with E-state index in [9.17, 15) is 9.59 Å². The minimum atomic E-state index is -0.619. The van der Waals surface area contributed by atoms with Crippen molar-refractivity contribution in [1.29, 1.82) is 0 Å². The number of aryl methyl sites for hydroxylation is 2. The topological polar surface area (TPSA) is 52.6 Å². The van der Waals surface area contributed by atoms with Gasteiger partial charge in [-0.05, 0) is 70.5 Å².